The lowest BCUT2D eigenvalue weighted by molar-refractivity contribution is -0.128. The summed E-state index contributed by atoms with van der Waals surface area (Å²) in [6.45, 7) is 1.09. The number of halogens is 1. The van der Waals surface area contributed by atoms with Gasteiger partial charge in [-0.05, 0) is 36.5 Å². The number of hydrogen-bond donors (Lipinski definition) is 1. The predicted molar refractivity (Wildman–Crippen MR) is 68.1 cm³/mol. The zero-order valence-electron chi connectivity index (χ0n) is 10.9. The molecule has 1 saturated carbocycles. The monoisotopic (exact) mass is 264 g/mol. The van der Waals surface area contributed by atoms with Gasteiger partial charge >= 0.3 is 0 Å². The van der Waals surface area contributed by atoms with E-state index in [2.05, 4.69) is 5.32 Å². The van der Waals surface area contributed by atoms with Gasteiger partial charge in [0, 0.05) is 6.54 Å². The molecule has 1 atom stereocenters. The molecule has 1 unspecified atom stereocenters. The number of rotatable bonds is 4. The van der Waals surface area contributed by atoms with E-state index in [1.165, 1.54) is 26.0 Å². The van der Waals surface area contributed by atoms with Crippen LogP contribution in [0, 0.1) is 11.7 Å². The Hall–Kier alpha value is -1.62. The van der Waals surface area contributed by atoms with Crippen molar-refractivity contribution in [3.8, 4) is 5.75 Å². The van der Waals surface area contributed by atoms with Gasteiger partial charge in [0.15, 0.2) is 11.6 Å². The van der Waals surface area contributed by atoms with Crippen molar-refractivity contribution in [2.75, 3.05) is 20.2 Å². The second-order valence-corrected chi connectivity index (χ2v) is 5.17. The average molecular weight is 264 g/mol. The molecule has 0 aromatic heterocycles. The van der Waals surface area contributed by atoms with Gasteiger partial charge in [0.25, 0.3) is 0 Å². The Morgan fingerprint density at radius 1 is 1.47 bits per heavy atom. The van der Waals surface area contributed by atoms with Crippen LogP contribution in [0.5, 0.6) is 5.75 Å². The first-order valence-corrected chi connectivity index (χ1v) is 6.55. The minimum Gasteiger partial charge on any atom is -0.494 e. The lowest BCUT2D eigenvalue weighted by Gasteiger charge is -2.24. The predicted octanol–water partition coefficient (Wildman–Crippen LogP) is 1.67. The van der Waals surface area contributed by atoms with Crippen LogP contribution in [-0.4, -0.2) is 31.0 Å². The Bertz CT molecular complexity index is 502. The quantitative estimate of drug-likeness (QED) is 0.899. The summed E-state index contributed by atoms with van der Waals surface area (Å²) in [7, 11) is 1.44. The van der Waals surface area contributed by atoms with Crippen LogP contribution >= 0.6 is 0 Å². The number of hydrogen-bond acceptors (Lipinski definition) is 3. The van der Waals surface area contributed by atoms with Crippen molar-refractivity contribution in [3.63, 3.8) is 0 Å². The number of carbonyl (C=O) groups excluding carboxylic acids is 1. The Labute approximate surface area is 111 Å². The van der Waals surface area contributed by atoms with E-state index in [0.717, 1.165) is 12.1 Å². The van der Waals surface area contributed by atoms with Gasteiger partial charge in [-0.3, -0.25) is 10.1 Å². The van der Waals surface area contributed by atoms with Crippen molar-refractivity contribution in [1.82, 2.24) is 10.2 Å². The molecule has 102 valence electrons. The fourth-order valence-corrected chi connectivity index (χ4v) is 2.48. The number of nitrogens with one attached hydrogen (secondary N) is 1. The maximum absolute atomic E-state index is 13.7. The molecule has 1 aromatic rings. The second kappa shape index (κ2) is 4.81. The highest BCUT2D eigenvalue weighted by Gasteiger charge is 2.36. The molecule has 1 aliphatic heterocycles. The third kappa shape index (κ3) is 2.42. The van der Waals surface area contributed by atoms with Crippen molar-refractivity contribution in [2.24, 2.45) is 5.92 Å². The molecule has 3 rings (SSSR count). The molecule has 1 saturated heterocycles. The molecule has 2 fully saturated rings. The van der Waals surface area contributed by atoms with E-state index in [9.17, 15) is 9.18 Å². The number of ether oxygens (including phenoxy) is 1. The van der Waals surface area contributed by atoms with Gasteiger partial charge in [-0.1, -0.05) is 6.07 Å². The SMILES string of the molecule is COc1ccc(C2NCC(=O)N2CC2CC2)cc1F. The second-order valence-electron chi connectivity index (χ2n) is 5.17. The number of amides is 1. The molecule has 19 heavy (non-hydrogen) atoms. The van der Waals surface area contributed by atoms with Crippen molar-refractivity contribution in [3.05, 3.63) is 29.6 Å². The molecule has 1 aromatic carbocycles. The van der Waals surface area contributed by atoms with E-state index in [4.69, 9.17) is 4.74 Å². The van der Waals surface area contributed by atoms with Crippen LogP contribution in [0.3, 0.4) is 0 Å². The van der Waals surface area contributed by atoms with E-state index in [1.807, 2.05) is 4.90 Å². The van der Waals surface area contributed by atoms with Crippen LogP contribution in [-0.2, 0) is 4.79 Å². The average Bonchev–Trinajstić information content (AvgIpc) is 3.14. The molecular weight excluding hydrogens is 247 g/mol. The maximum atomic E-state index is 13.7. The third-order valence-electron chi connectivity index (χ3n) is 3.72. The zero-order valence-corrected chi connectivity index (χ0v) is 10.9. The highest BCUT2D eigenvalue weighted by atomic mass is 19.1. The molecule has 1 heterocycles. The van der Waals surface area contributed by atoms with Crippen molar-refractivity contribution < 1.29 is 13.9 Å². The van der Waals surface area contributed by atoms with Gasteiger partial charge < -0.3 is 9.64 Å². The van der Waals surface area contributed by atoms with Gasteiger partial charge in [0.05, 0.1) is 13.7 Å². The van der Waals surface area contributed by atoms with Crippen LogP contribution < -0.4 is 10.1 Å². The lowest BCUT2D eigenvalue weighted by atomic mass is 10.1. The molecule has 4 nitrogen and oxygen atoms in total. The van der Waals surface area contributed by atoms with E-state index in [0.29, 0.717) is 12.5 Å². The van der Waals surface area contributed by atoms with Crippen LogP contribution in [0.4, 0.5) is 4.39 Å². The first kappa shape index (κ1) is 12.4. The van der Waals surface area contributed by atoms with Crippen LogP contribution in [0.15, 0.2) is 18.2 Å². The molecule has 2 aliphatic rings. The first-order chi connectivity index (χ1) is 9.19. The normalized spacial score (nSPS) is 22.9. The first-order valence-electron chi connectivity index (χ1n) is 6.55. The summed E-state index contributed by atoms with van der Waals surface area (Å²) in [5.41, 5.74) is 0.768. The number of nitrogens with zero attached hydrogens (tertiary/aromatic N) is 1. The fourth-order valence-electron chi connectivity index (χ4n) is 2.48. The highest BCUT2D eigenvalue weighted by molar-refractivity contribution is 5.81. The number of benzene rings is 1. The summed E-state index contributed by atoms with van der Waals surface area (Å²) in [5, 5.41) is 3.14. The Kier molecular flexibility index (Phi) is 3.14. The Morgan fingerprint density at radius 3 is 2.89 bits per heavy atom. The van der Waals surface area contributed by atoms with E-state index < -0.39 is 5.82 Å². The van der Waals surface area contributed by atoms with E-state index in [1.54, 1.807) is 12.1 Å². The maximum Gasteiger partial charge on any atom is 0.238 e. The smallest absolute Gasteiger partial charge is 0.238 e. The van der Waals surface area contributed by atoms with Gasteiger partial charge in [0.2, 0.25) is 5.91 Å². The van der Waals surface area contributed by atoms with Crippen LogP contribution in [0.2, 0.25) is 0 Å². The molecule has 1 N–H and O–H groups in total. The minimum atomic E-state index is -0.396. The van der Waals surface area contributed by atoms with Gasteiger partial charge in [0.1, 0.15) is 6.17 Å². The van der Waals surface area contributed by atoms with Crippen molar-refractivity contribution in [1.29, 1.82) is 0 Å². The lowest BCUT2D eigenvalue weighted by Crippen LogP contribution is -2.32. The number of carbonyl (C=O) groups is 1. The molecule has 1 aliphatic carbocycles. The Morgan fingerprint density at radius 2 is 2.26 bits per heavy atom. The standard InChI is InChI=1S/C14H17FN2O2/c1-19-12-5-4-10(6-11(12)15)14-16-7-13(18)17(14)8-9-2-3-9/h4-6,9,14,16H,2-3,7-8H2,1H3. The van der Waals surface area contributed by atoms with Crippen LogP contribution in [0.25, 0.3) is 0 Å². The van der Waals surface area contributed by atoms with E-state index >= 15 is 0 Å². The third-order valence-corrected chi connectivity index (χ3v) is 3.72. The summed E-state index contributed by atoms with van der Waals surface area (Å²) in [6, 6.07) is 4.84. The molecule has 0 radical (unpaired) electrons. The molecule has 1 amide bonds. The number of methoxy groups -OCH3 is 1. The molecule has 0 bridgehead atoms. The van der Waals surface area contributed by atoms with Gasteiger partial charge in [-0.25, -0.2) is 4.39 Å². The van der Waals surface area contributed by atoms with E-state index in [-0.39, 0.29) is 17.8 Å². The summed E-state index contributed by atoms with van der Waals surface area (Å²) in [5.74, 6) is 0.539. The zero-order chi connectivity index (χ0) is 13.4. The minimum absolute atomic E-state index is 0.0909. The fraction of sp³-hybridized carbons (Fsp3) is 0.500. The summed E-state index contributed by atoms with van der Waals surface area (Å²) >= 11 is 0. The summed E-state index contributed by atoms with van der Waals surface area (Å²) in [6.07, 6.45) is 2.16. The van der Waals surface area contributed by atoms with Crippen molar-refractivity contribution >= 4 is 5.91 Å². The van der Waals surface area contributed by atoms with Gasteiger partial charge in [-0.15, -0.1) is 0 Å². The van der Waals surface area contributed by atoms with Crippen molar-refractivity contribution in [2.45, 2.75) is 19.0 Å². The molecule has 5 heteroatoms. The molecule has 0 spiro atoms. The topological polar surface area (TPSA) is 41.6 Å². The highest BCUT2D eigenvalue weighted by Crippen LogP contribution is 2.34. The van der Waals surface area contributed by atoms with Crippen LogP contribution in [0.1, 0.15) is 24.6 Å². The summed E-state index contributed by atoms with van der Waals surface area (Å²) < 4.78 is 18.7. The Balaban J connectivity index is 1.83. The molecular formula is C14H17FN2O2. The van der Waals surface area contributed by atoms with Gasteiger partial charge in [-0.2, -0.15) is 0 Å². The summed E-state index contributed by atoms with van der Waals surface area (Å²) in [4.78, 5) is 13.7. The largest absolute Gasteiger partial charge is 0.494 e.